The number of primary amides is 1. The molecule has 0 radical (unpaired) electrons. The van der Waals surface area contributed by atoms with Crippen molar-refractivity contribution in [2.24, 2.45) is 5.73 Å². The molecule has 0 unspecified atom stereocenters. The van der Waals surface area contributed by atoms with E-state index in [4.69, 9.17) is 5.73 Å². The first kappa shape index (κ1) is 17.9. The molecule has 0 aromatic heterocycles. The largest absolute Gasteiger partial charge is 0.370 e. The zero-order valence-corrected chi connectivity index (χ0v) is 13.7. The Hall–Kier alpha value is -1.14. The zero-order chi connectivity index (χ0) is 15.3. The van der Waals surface area contributed by atoms with Crippen molar-refractivity contribution in [1.29, 1.82) is 0 Å². The second-order valence-electron chi connectivity index (χ2n) is 4.60. The van der Waals surface area contributed by atoms with Gasteiger partial charge in [-0.1, -0.05) is 46.2 Å². The summed E-state index contributed by atoms with van der Waals surface area (Å²) in [6, 6.07) is 10.1. The number of carbonyl (C=O) groups is 2. The van der Waals surface area contributed by atoms with E-state index in [-0.39, 0.29) is 11.8 Å². The van der Waals surface area contributed by atoms with Crippen molar-refractivity contribution in [3.05, 3.63) is 30.3 Å². The SMILES string of the molecule is NC(=O)CCCCCNC(=O)CCSSc1ccccc1. The second-order valence-corrected chi connectivity index (χ2v) is 7.08. The van der Waals surface area contributed by atoms with Crippen LogP contribution in [0.3, 0.4) is 0 Å². The molecule has 6 heteroatoms. The average Bonchev–Trinajstić information content (AvgIpc) is 2.48. The van der Waals surface area contributed by atoms with Crippen molar-refractivity contribution >= 4 is 33.4 Å². The van der Waals surface area contributed by atoms with Crippen LogP contribution in [0.2, 0.25) is 0 Å². The van der Waals surface area contributed by atoms with Gasteiger partial charge in [0.2, 0.25) is 11.8 Å². The molecule has 116 valence electrons. The van der Waals surface area contributed by atoms with Gasteiger partial charge < -0.3 is 11.1 Å². The maximum absolute atomic E-state index is 11.6. The minimum Gasteiger partial charge on any atom is -0.370 e. The zero-order valence-electron chi connectivity index (χ0n) is 12.0. The molecule has 0 saturated heterocycles. The monoisotopic (exact) mass is 326 g/mol. The highest BCUT2D eigenvalue weighted by molar-refractivity contribution is 8.76. The number of unbranched alkanes of at least 4 members (excludes halogenated alkanes) is 2. The predicted molar refractivity (Wildman–Crippen MR) is 90.0 cm³/mol. The fourth-order valence-electron chi connectivity index (χ4n) is 1.64. The molecule has 0 aliphatic heterocycles. The molecule has 1 aromatic carbocycles. The average molecular weight is 326 g/mol. The molecule has 0 atom stereocenters. The van der Waals surface area contributed by atoms with Crippen LogP contribution in [0, 0.1) is 0 Å². The van der Waals surface area contributed by atoms with Gasteiger partial charge in [0.05, 0.1) is 0 Å². The number of carbonyl (C=O) groups excluding carboxylic acids is 2. The van der Waals surface area contributed by atoms with Crippen LogP contribution < -0.4 is 11.1 Å². The van der Waals surface area contributed by atoms with Crippen molar-refractivity contribution in [3.63, 3.8) is 0 Å². The third-order valence-electron chi connectivity index (χ3n) is 2.73. The summed E-state index contributed by atoms with van der Waals surface area (Å²) in [5.74, 6) is 0.630. The molecular weight excluding hydrogens is 304 g/mol. The smallest absolute Gasteiger partial charge is 0.220 e. The molecule has 0 bridgehead atoms. The van der Waals surface area contributed by atoms with Gasteiger partial charge in [0.1, 0.15) is 0 Å². The van der Waals surface area contributed by atoms with Crippen molar-refractivity contribution in [2.75, 3.05) is 12.3 Å². The van der Waals surface area contributed by atoms with Crippen LogP contribution in [-0.2, 0) is 9.59 Å². The number of hydrogen-bond acceptors (Lipinski definition) is 4. The van der Waals surface area contributed by atoms with E-state index in [0.717, 1.165) is 25.0 Å². The highest BCUT2D eigenvalue weighted by atomic mass is 33.1. The minimum atomic E-state index is -0.257. The van der Waals surface area contributed by atoms with Crippen LogP contribution in [0.15, 0.2) is 35.2 Å². The summed E-state index contributed by atoms with van der Waals surface area (Å²) >= 11 is 0. The first-order valence-electron chi connectivity index (χ1n) is 7.08. The predicted octanol–water partition coefficient (Wildman–Crippen LogP) is 2.98. The molecule has 0 saturated carbocycles. The van der Waals surface area contributed by atoms with Crippen LogP contribution >= 0.6 is 21.6 Å². The van der Waals surface area contributed by atoms with Crippen molar-refractivity contribution in [1.82, 2.24) is 5.32 Å². The molecule has 0 aliphatic rings. The summed E-state index contributed by atoms with van der Waals surface area (Å²) in [5, 5.41) is 2.89. The van der Waals surface area contributed by atoms with E-state index in [0.29, 0.717) is 19.4 Å². The number of amides is 2. The maximum Gasteiger partial charge on any atom is 0.220 e. The molecule has 21 heavy (non-hydrogen) atoms. The summed E-state index contributed by atoms with van der Waals surface area (Å²) in [4.78, 5) is 23.3. The van der Waals surface area contributed by atoms with Gasteiger partial charge in [0.15, 0.2) is 0 Å². The lowest BCUT2D eigenvalue weighted by Gasteiger charge is -2.05. The molecule has 0 heterocycles. The van der Waals surface area contributed by atoms with Crippen LogP contribution in [0.1, 0.15) is 32.1 Å². The fraction of sp³-hybridized carbons (Fsp3) is 0.467. The van der Waals surface area contributed by atoms with Gasteiger partial charge in [0.25, 0.3) is 0 Å². The van der Waals surface area contributed by atoms with Gasteiger partial charge in [0, 0.05) is 30.0 Å². The van der Waals surface area contributed by atoms with E-state index in [1.54, 1.807) is 21.6 Å². The van der Waals surface area contributed by atoms with Gasteiger partial charge in [-0.3, -0.25) is 9.59 Å². The number of hydrogen-bond donors (Lipinski definition) is 2. The van der Waals surface area contributed by atoms with Crippen molar-refractivity contribution in [3.8, 4) is 0 Å². The van der Waals surface area contributed by atoms with Crippen LogP contribution in [0.5, 0.6) is 0 Å². The van der Waals surface area contributed by atoms with Crippen molar-refractivity contribution < 1.29 is 9.59 Å². The third-order valence-corrected chi connectivity index (χ3v) is 5.12. The Kier molecular flexibility index (Phi) is 9.82. The van der Waals surface area contributed by atoms with E-state index in [1.165, 1.54) is 4.90 Å². The minimum absolute atomic E-state index is 0.0889. The van der Waals surface area contributed by atoms with Gasteiger partial charge >= 0.3 is 0 Å². The van der Waals surface area contributed by atoms with Crippen LogP contribution in [0.25, 0.3) is 0 Å². The van der Waals surface area contributed by atoms with Crippen LogP contribution in [-0.4, -0.2) is 24.1 Å². The summed E-state index contributed by atoms with van der Waals surface area (Å²) in [7, 11) is 3.38. The first-order chi connectivity index (χ1) is 10.2. The third kappa shape index (κ3) is 10.3. The Balaban J connectivity index is 1.93. The molecule has 1 rings (SSSR count). The number of nitrogens with two attached hydrogens (primary N) is 1. The van der Waals surface area contributed by atoms with Gasteiger partial charge in [-0.25, -0.2) is 0 Å². The van der Waals surface area contributed by atoms with Gasteiger partial charge in [-0.15, -0.1) is 0 Å². The normalized spacial score (nSPS) is 10.3. The van der Waals surface area contributed by atoms with Gasteiger partial charge in [-0.05, 0) is 25.0 Å². The fourth-order valence-corrected chi connectivity index (χ4v) is 3.64. The molecule has 2 amide bonds. The summed E-state index contributed by atoms with van der Waals surface area (Å²) in [6.07, 6.45) is 3.58. The number of rotatable bonds is 11. The molecule has 1 aromatic rings. The molecule has 3 N–H and O–H groups in total. The molecule has 0 fully saturated rings. The summed E-state index contributed by atoms with van der Waals surface area (Å²) in [5.41, 5.74) is 5.05. The highest BCUT2D eigenvalue weighted by Crippen LogP contribution is 2.30. The lowest BCUT2D eigenvalue weighted by molar-refractivity contribution is -0.121. The lowest BCUT2D eigenvalue weighted by Crippen LogP contribution is -2.24. The quantitative estimate of drug-likeness (QED) is 0.484. The number of benzene rings is 1. The maximum atomic E-state index is 11.6. The van der Waals surface area contributed by atoms with E-state index in [9.17, 15) is 9.59 Å². The van der Waals surface area contributed by atoms with E-state index in [1.807, 2.05) is 18.2 Å². The summed E-state index contributed by atoms with van der Waals surface area (Å²) < 4.78 is 0. The van der Waals surface area contributed by atoms with E-state index in [2.05, 4.69) is 17.4 Å². The Bertz CT molecular complexity index is 427. The molecule has 4 nitrogen and oxygen atoms in total. The second kappa shape index (κ2) is 11.5. The van der Waals surface area contributed by atoms with Crippen LogP contribution in [0.4, 0.5) is 0 Å². The Morgan fingerprint density at radius 3 is 2.52 bits per heavy atom. The molecule has 0 spiro atoms. The van der Waals surface area contributed by atoms with Gasteiger partial charge in [-0.2, -0.15) is 0 Å². The standard InChI is InChI=1S/C15H22N2O2S2/c16-14(18)9-5-2-6-11-17-15(19)10-12-20-21-13-7-3-1-4-8-13/h1,3-4,7-8H,2,5-6,9-12H2,(H2,16,18)(H,17,19). The molecule has 0 aliphatic carbocycles. The highest BCUT2D eigenvalue weighted by Gasteiger charge is 2.02. The number of nitrogens with one attached hydrogen (secondary N) is 1. The molecular formula is C15H22N2O2S2. The Morgan fingerprint density at radius 1 is 1.05 bits per heavy atom. The van der Waals surface area contributed by atoms with Crippen molar-refractivity contribution in [2.45, 2.75) is 37.0 Å². The summed E-state index contributed by atoms with van der Waals surface area (Å²) in [6.45, 7) is 0.675. The Morgan fingerprint density at radius 2 is 1.81 bits per heavy atom. The topological polar surface area (TPSA) is 72.2 Å². The lowest BCUT2D eigenvalue weighted by atomic mass is 10.2. The Labute approximate surface area is 134 Å². The van der Waals surface area contributed by atoms with E-state index >= 15 is 0 Å². The van der Waals surface area contributed by atoms with E-state index < -0.39 is 0 Å². The first-order valence-corrected chi connectivity index (χ1v) is 9.40.